The van der Waals surface area contributed by atoms with E-state index in [1.165, 1.54) is 32.1 Å². The summed E-state index contributed by atoms with van der Waals surface area (Å²) in [6, 6.07) is 5.60. The van der Waals surface area contributed by atoms with E-state index in [4.69, 9.17) is 28.9 Å². The Hall–Kier alpha value is -0.240. The molecule has 1 aliphatic carbocycles. The Labute approximate surface area is 120 Å². The van der Waals surface area contributed by atoms with Crippen molar-refractivity contribution < 1.29 is 0 Å². The Morgan fingerprint density at radius 1 is 1.28 bits per heavy atom. The van der Waals surface area contributed by atoms with Crippen LogP contribution >= 0.6 is 23.2 Å². The van der Waals surface area contributed by atoms with E-state index in [0.29, 0.717) is 16.0 Å². The molecule has 0 saturated heterocycles. The monoisotopic (exact) mass is 285 g/mol. The van der Waals surface area contributed by atoms with Crippen LogP contribution in [0.4, 0.5) is 0 Å². The SMILES string of the molecule is CCC1CCCC(C(N)c2c(Cl)cccc2Cl)C1. The summed E-state index contributed by atoms with van der Waals surface area (Å²) in [5.41, 5.74) is 7.35. The van der Waals surface area contributed by atoms with Crippen molar-refractivity contribution in [3.63, 3.8) is 0 Å². The van der Waals surface area contributed by atoms with Crippen LogP contribution in [0.5, 0.6) is 0 Å². The lowest BCUT2D eigenvalue weighted by Crippen LogP contribution is -2.27. The fourth-order valence-electron chi connectivity index (χ4n) is 3.09. The molecule has 0 radical (unpaired) electrons. The summed E-state index contributed by atoms with van der Waals surface area (Å²) in [5, 5.41) is 1.40. The lowest BCUT2D eigenvalue weighted by molar-refractivity contribution is 0.230. The van der Waals surface area contributed by atoms with E-state index in [2.05, 4.69) is 6.92 Å². The summed E-state index contributed by atoms with van der Waals surface area (Å²) in [5.74, 6) is 1.33. The summed E-state index contributed by atoms with van der Waals surface area (Å²) < 4.78 is 0. The molecule has 0 spiro atoms. The van der Waals surface area contributed by atoms with E-state index in [1.54, 1.807) is 0 Å². The van der Waals surface area contributed by atoms with E-state index in [0.717, 1.165) is 11.5 Å². The van der Waals surface area contributed by atoms with Gasteiger partial charge in [-0.1, -0.05) is 55.5 Å². The molecule has 1 nitrogen and oxygen atoms in total. The summed E-state index contributed by atoms with van der Waals surface area (Å²) in [6.45, 7) is 2.26. The Morgan fingerprint density at radius 2 is 1.94 bits per heavy atom. The van der Waals surface area contributed by atoms with Gasteiger partial charge in [0.2, 0.25) is 0 Å². The largest absolute Gasteiger partial charge is 0.324 e. The Balaban J connectivity index is 2.17. The smallest absolute Gasteiger partial charge is 0.0468 e. The normalized spacial score (nSPS) is 26.0. The minimum absolute atomic E-state index is 0.0273. The highest BCUT2D eigenvalue weighted by Crippen LogP contribution is 2.41. The van der Waals surface area contributed by atoms with Gasteiger partial charge in [0.25, 0.3) is 0 Å². The molecule has 1 aliphatic rings. The number of rotatable bonds is 3. The van der Waals surface area contributed by atoms with Gasteiger partial charge >= 0.3 is 0 Å². The van der Waals surface area contributed by atoms with Crippen LogP contribution in [0, 0.1) is 11.8 Å². The first kappa shape index (κ1) is 14.2. The minimum Gasteiger partial charge on any atom is -0.324 e. The predicted octanol–water partition coefficient (Wildman–Crippen LogP) is 5.21. The molecule has 0 aliphatic heterocycles. The van der Waals surface area contributed by atoms with Crippen LogP contribution < -0.4 is 5.73 Å². The van der Waals surface area contributed by atoms with Gasteiger partial charge in [-0.15, -0.1) is 0 Å². The second-order valence-corrected chi connectivity index (χ2v) is 6.18. The highest BCUT2D eigenvalue weighted by Gasteiger charge is 2.28. The lowest BCUT2D eigenvalue weighted by atomic mass is 9.75. The zero-order chi connectivity index (χ0) is 13.1. The molecule has 3 unspecified atom stereocenters. The molecule has 2 N–H and O–H groups in total. The van der Waals surface area contributed by atoms with Crippen molar-refractivity contribution >= 4 is 23.2 Å². The fraction of sp³-hybridized carbons (Fsp3) is 0.600. The quantitative estimate of drug-likeness (QED) is 0.811. The number of halogens is 2. The maximum Gasteiger partial charge on any atom is 0.0468 e. The van der Waals surface area contributed by atoms with Crippen molar-refractivity contribution in [3.05, 3.63) is 33.8 Å². The van der Waals surface area contributed by atoms with Crippen LogP contribution in [0.3, 0.4) is 0 Å². The number of benzene rings is 1. The number of nitrogens with two attached hydrogens (primary N) is 1. The lowest BCUT2D eigenvalue weighted by Gasteiger charge is -2.33. The van der Waals surface area contributed by atoms with Crippen molar-refractivity contribution in [1.82, 2.24) is 0 Å². The highest BCUT2D eigenvalue weighted by atomic mass is 35.5. The Kier molecular flexibility index (Phi) is 4.94. The van der Waals surface area contributed by atoms with Crippen LogP contribution in [0.15, 0.2) is 18.2 Å². The molecule has 100 valence electrons. The molecule has 3 atom stereocenters. The van der Waals surface area contributed by atoms with E-state index < -0.39 is 0 Å². The van der Waals surface area contributed by atoms with Gasteiger partial charge in [0, 0.05) is 21.7 Å². The van der Waals surface area contributed by atoms with Crippen LogP contribution in [-0.2, 0) is 0 Å². The first-order chi connectivity index (χ1) is 8.63. The first-order valence-corrected chi connectivity index (χ1v) is 7.58. The number of hydrogen-bond donors (Lipinski definition) is 1. The maximum absolute atomic E-state index is 6.42. The molecule has 0 bridgehead atoms. The molecule has 0 heterocycles. The predicted molar refractivity (Wildman–Crippen MR) is 79.1 cm³/mol. The summed E-state index contributed by atoms with van der Waals surface area (Å²) >= 11 is 12.5. The fourth-order valence-corrected chi connectivity index (χ4v) is 3.74. The molecular formula is C15H21Cl2N. The molecule has 1 fully saturated rings. The molecule has 3 heteroatoms. The van der Waals surface area contributed by atoms with Crippen molar-refractivity contribution in [1.29, 1.82) is 0 Å². The van der Waals surface area contributed by atoms with Crippen molar-refractivity contribution in [2.75, 3.05) is 0 Å². The highest BCUT2D eigenvalue weighted by molar-refractivity contribution is 6.36. The van der Waals surface area contributed by atoms with Crippen LogP contribution in [0.2, 0.25) is 10.0 Å². The molecule has 0 aromatic heterocycles. The van der Waals surface area contributed by atoms with Crippen LogP contribution in [0.1, 0.15) is 50.6 Å². The Bertz CT molecular complexity index is 385. The molecule has 18 heavy (non-hydrogen) atoms. The second-order valence-electron chi connectivity index (χ2n) is 5.36. The zero-order valence-electron chi connectivity index (χ0n) is 10.8. The third-order valence-corrected chi connectivity index (χ3v) is 4.90. The topological polar surface area (TPSA) is 26.0 Å². The van der Waals surface area contributed by atoms with Crippen LogP contribution in [0.25, 0.3) is 0 Å². The molecule has 1 aromatic rings. The summed E-state index contributed by atoms with van der Waals surface area (Å²) in [6.07, 6.45) is 6.27. The van der Waals surface area contributed by atoms with Gasteiger partial charge in [-0.2, -0.15) is 0 Å². The molecular weight excluding hydrogens is 265 g/mol. The zero-order valence-corrected chi connectivity index (χ0v) is 12.3. The average molecular weight is 286 g/mol. The maximum atomic E-state index is 6.42. The molecule has 0 amide bonds. The van der Waals surface area contributed by atoms with E-state index in [1.807, 2.05) is 18.2 Å². The van der Waals surface area contributed by atoms with Gasteiger partial charge in [0.1, 0.15) is 0 Å². The van der Waals surface area contributed by atoms with Crippen molar-refractivity contribution in [3.8, 4) is 0 Å². The number of hydrogen-bond acceptors (Lipinski definition) is 1. The van der Waals surface area contributed by atoms with Gasteiger partial charge in [-0.05, 0) is 36.8 Å². The standard InChI is InChI=1S/C15H21Cl2N/c1-2-10-5-3-6-11(9-10)15(18)14-12(16)7-4-8-13(14)17/h4,7-8,10-11,15H,2-3,5-6,9,18H2,1H3. The van der Waals surface area contributed by atoms with Crippen LogP contribution in [-0.4, -0.2) is 0 Å². The van der Waals surface area contributed by atoms with E-state index in [-0.39, 0.29) is 6.04 Å². The average Bonchev–Trinajstić information content (AvgIpc) is 2.38. The van der Waals surface area contributed by atoms with Gasteiger partial charge in [0.05, 0.1) is 0 Å². The second kappa shape index (κ2) is 6.27. The van der Waals surface area contributed by atoms with Gasteiger partial charge < -0.3 is 5.73 Å². The molecule has 1 saturated carbocycles. The third kappa shape index (κ3) is 3.01. The Morgan fingerprint density at radius 3 is 2.56 bits per heavy atom. The molecule has 2 rings (SSSR count). The van der Waals surface area contributed by atoms with Gasteiger partial charge in [-0.25, -0.2) is 0 Å². The third-order valence-electron chi connectivity index (χ3n) is 4.24. The van der Waals surface area contributed by atoms with E-state index in [9.17, 15) is 0 Å². The minimum atomic E-state index is -0.0273. The van der Waals surface area contributed by atoms with Gasteiger partial charge in [-0.3, -0.25) is 0 Å². The van der Waals surface area contributed by atoms with Crippen molar-refractivity contribution in [2.24, 2.45) is 17.6 Å². The summed E-state index contributed by atoms with van der Waals surface area (Å²) in [7, 11) is 0. The van der Waals surface area contributed by atoms with Gasteiger partial charge in [0.15, 0.2) is 0 Å². The first-order valence-electron chi connectivity index (χ1n) is 6.83. The molecule has 1 aromatic carbocycles. The summed E-state index contributed by atoms with van der Waals surface area (Å²) in [4.78, 5) is 0. The van der Waals surface area contributed by atoms with Crippen molar-refractivity contribution in [2.45, 2.75) is 45.1 Å². The van der Waals surface area contributed by atoms with E-state index >= 15 is 0 Å².